The van der Waals surface area contributed by atoms with Crippen molar-refractivity contribution in [2.45, 2.75) is 33.1 Å². The lowest BCUT2D eigenvalue weighted by atomic mass is 9.60. The molecule has 0 unspecified atom stereocenters. The van der Waals surface area contributed by atoms with E-state index in [1.807, 2.05) is 0 Å². The molecule has 2 atom stereocenters. The van der Waals surface area contributed by atoms with Crippen molar-refractivity contribution >= 4 is 0 Å². The Bertz CT molecular complexity index is 151. The highest BCUT2D eigenvalue weighted by Crippen LogP contribution is 2.60. The van der Waals surface area contributed by atoms with Crippen molar-refractivity contribution in [2.75, 3.05) is 0 Å². The first-order chi connectivity index (χ1) is 4.16. The lowest BCUT2D eigenvalue weighted by Crippen LogP contribution is -2.35. The van der Waals surface area contributed by atoms with Crippen LogP contribution in [0.25, 0.3) is 0 Å². The second kappa shape index (κ2) is 1.25. The highest BCUT2D eigenvalue weighted by atomic mass is 14.5. The molecule has 1 fully saturated rings. The predicted octanol–water partition coefficient (Wildman–Crippen LogP) is 2.75. The van der Waals surface area contributed by atoms with Crippen LogP contribution < -0.4 is 0 Å². The van der Waals surface area contributed by atoms with Gasteiger partial charge in [0, 0.05) is 0 Å². The smallest absolute Gasteiger partial charge is 0.00580 e. The summed E-state index contributed by atoms with van der Waals surface area (Å²) in [6.45, 7) is 4.78. The zero-order valence-corrected chi connectivity index (χ0v) is 6.28. The van der Waals surface area contributed by atoms with E-state index in [0.29, 0.717) is 10.8 Å². The van der Waals surface area contributed by atoms with E-state index in [1.54, 1.807) is 0 Å². The van der Waals surface area contributed by atoms with Crippen LogP contribution in [-0.4, -0.2) is 0 Å². The van der Waals surface area contributed by atoms with E-state index in [0.717, 1.165) is 0 Å². The van der Waals surface area contributed by atoms with E-state index in [2.05, 4.69) is 26.0 Å². The summed E-state index contributed by atoms with van der Waals surface area (Å²) in [5, 5.41) is 0. The Morgan fingerprint density at radius 1 is 1.00 bits per heavy atom. The fourth-order valence-corrected chi connectivity index (χ4v) is 2.21. The van der Waals surface area contributed by atoms with E-state index in [1.165, 1.54) is 19.3 Å². The lowest BCUT2D eigenvalue weighted by molar-refractivity contribution is 0.189. The normalized spacial score (nSPS) is 54.9. The van der Waals surface area contributed by atoms with E-state index in [-0.39, 0.29) is 0 Å². The largest absolute Gasteiger partial charge is 0.0811 e. The van der Waals surface area contributed by atoms with E-state index in [9.17, 15) is 0 Å². The van der Waals surface area contributed by atoms with Crippen LogP contribution in [-0.2, 0) is 0 Å². The van der Waals surface area contributed by atoms with Crippen molar-refractivity contribution < 1.29 is 0 Å². The third kappa shape index (κ3) is 0.452. The Hall–Kier alpha value is -0.260. The Morgan fingerprint density at radius 3 is 1.67 bits per heavy atom. The Labute approximate surface area is 57.0 Å². The molecule has 0 bridgehead atoms. The van der Waals surface area contributed by atoms with Gasteiger partial charge in [-0.05, 0) is 23.7 Å². The molecule has 0 N–H and O–H groups in total. The second-order valence-corrected chi connectivity index (χ2v) is 4.02. The molecule has 2 aliphatic carbocycles. The van der Waals surface area contributed by atoms with Crippen LogP contribution in [0.1, 0.15) is 33.1 Å². The predicted molar refractivity (Wildman–Crippen MR) is 39.2 cm³/mol. The molecular weight excluding hydrogens is 108 g/mol. The maximum absolute atomic E-state index is 2.39. The number of hydrogen-bond acceptors (Lipinski definition) is 0. The molecule has 2 aliphatic rings. The molecule has 0 aromatic rings. The van der Waals surface area contributed by atoms with Crippen molar-refractivity contribution in [3.63, 3.8) is 0 Å². The first-order valence-electron chi connectivity index (χ1n) is 3.87. The number of allylic oxidation sites excluding steroid dienone is 2. The third-order valence-corrected chi connectivity index (χ3v) is 3.52. The van der Waals surface area contributed by atoms with E-state index >= 15 is 0 Å². The van der Waals surface area contributed by atoms with Gasteiger partial charge in [-0.25, -0.2) is 0 Å². The maximum atomic E-state index is 2.39. The molecule has 0 amide bonds. The van der Waals surface area contributed by atoms with Gasteiger partial charge in [-0.2, -0.15) is 0 Å². The zero-order chi connectivity index (χ0) is 6.54. The van der Waals surface area contributed by atoms with Gasteiger partial charge in [0.2, 0.25) is 0 Å². The summed E-state index contributed by atoms with van der Waals surface area (Å²) in [6.07, 6.45) is 9.04. The van der Waals surface area contributed by atoms with Gasteiger partial charge in [-0.15, -0.1) is 0 Å². The Balaban J connectivity index is 2.38. The molecule has 9 heavy (non-hydrogen) atoms. The van der Waals surface area contributed by atoms with Crippen molar-refractivity contribution in [1.29, 1.82) is 0 Å². The van der Waals surface area contributed by atoms with E-state index in [4.69, 9.17) is 0 Å². The number of rotatable bonds is 0. The van der Waals surface area contributed by atoms with Crippen molar-refractivity contribution in [3.8, 4) is 0 Å². The molecule has 0 spiro atoms. The molecule has 1 saturated carbocycles. The summed E-state index contributed by atoms with van der Waals surface area (Å²) >= 11 is 0. The molecule has 0 aromatic carbocycles. The van der Waals surface area contributed by atoms with Gasteiger partial charge < -0.3 is 0 Å². The van der Waals surface area contributed by atoms with Gasteiger partial charge in [0.05, 0.1) is 0 Å². The van der Waals surface area contributed by atoms with Crippen molar-refractivity contribution in [3.05, 3.63) is 12.2 Å². The highest BCUT2D eigenvalue weighted by molar-refractivity contribution is 5.26. The van der Waals surface area contributed by atoms with Crippen LogP contribution in [0.3, 0.4) is 0 Å². The van der Waals surface area contributed by atoms with E-state index < -0.39 is 0 Å². The quantitative estimate of drug-likeness (QED) is 0.433. The summed E-state index contributed by atoms with van der Waals surface area (Å²) in [5.74, 6) is 0. The van der Waals surface area contributed by atoms with Gasteiger partial charge >= 0.3 is 0 Å². The molecular formula is C9H14. The molecule has 0 aliphatic heterocycles. The van der Waals surface area contributed by atoms with Crippen LogP contribution in [0.2, 0.25) is 0 Å². The fourth-order valence-electron chi connectivity index (χ4n) is 2.21. The van der Waals surface area contributed by atoms with Gasteiger partial charge in [-0.1, -0.05) is 32.4 Å². The van der Waals surface area contributed by atoms with Crippen LogP contribution in [0, 0.1) is 10.8 Å². The number of hydrogen-bond donors (Lipinski definition) is 0. The molecule has 0 nitrogen and oxygen atoms in total. The standard InChI is InChI=1S/C9H14/c1-8-4-3-5-9(8,2)7-6-8/h6-7H,3-5H2,1-2H3/t8-,9-/m1/s1. The van der Waals surface area contributed by atoms with Gasteiger partial charge in [0.25, 0.3) is 0 Å². The van der Waals surface area contributed by atoms with Gasteiger partial charge in [-0.3, -0.25) is 0 Å². The van der Waals surface area contributed by atoms with Crippen molar-refractivity contribution in [2.24, 2.45) is 10.8 Å². The average Bonchev–Trinajstić information content (AvgIpc) is 1.98. The minimum atomic E-state index is 0.590. The summed E-state index contributed by atoms with van der Waals surface area (Å²) in [5.41, 5.74) is 1.18. The maximum Gasteiger partial charge on any atom is -0.00580 e. The van der Waals surface area contributed by atoms with Gasteiger partial charge in [0.1, 0.15) is 0 Å². The molecule has 50 valence electrons. The van der Waals surface area contributed by atoms with Crippen LogP contribution in [0.15, 0.2) is 12.2 Å². The molecule has 2 rings (SSSR count). The monoisotopic (exact) mass is 122 g/mol. The SMILES string of the molecule is C[C@@]12C=C[C@@]1(C)CCC2. The minimum Gasteiger partial charge on any atom is -0.0811 e. The molecule has 0 heteroatoms. The molecule has 0 aromatic heterocycles. The Morgan fingerprint density at radius 2 is 1.44 bits per heavy atom. The summed E-state index contributed by atoms with van der Waals surface area (Å²) < 4.78 is 0. The first kappa shape index (κ1) is 5.52. The zero-order valence-electron chi connectivity index (χ0n) is 6.28. The highest BCUT2D eigenvalue weighted by Gasteiger charge is 2.50. The first-order valence-corrected chi connectivity index (χ1v) is 3.87. The average molecular weight is 122 g/mol. The van der Waals surface area contributed by atoms with Gasteiger partial charge in [0.15, 0.2) is 0 Å². The molecule has 0 saturated heterocycles. The minimum absolute atomic E-state index is 0.590. The number of fused-ring (bicyclic) bond motifs is 1. The Kier molecular flexibility index (Phi) is 0.769. The van der Waals surface area contributed by atoms with Crippen LogP contribution in [0.5, 0.6) is 0 Å². The molecule has 0 radical (unpaired) electrons. The summed E-state index contributed by atoms with van der Waals surface area (Å²) in [7, 11) is 0. The topological polar surface area (TPSA) is 0 Å². The fraction of sp³-hybridized carbons (Fsp3) is 0.778. The summed E-state index contributed by atoms with van der Waals surface area (Å²) in [6, 6.07) is 0. The molecule has 0 heterocycles. The summed E-state index contributed by atoms with van der Waals surface area (Å²) in [4.78, 5) is 0. The third-order valence-electron chi connectivity index (χ3n) is 3.52. The second-order valence-electron chi connectivity index (χ2n) is 4.02. The van der Waals surface area contributed by atoms with Crippen LogP contribution >= 0.6 is 0 Å². The van der Waals surface area contributed by atoms with Crippen LogP contribution in [0.4, 0.5) is 0 Å². The van der Waals surface area contributed by atoms with Crippen molar-refractivity contribution in [1.82, 2.24) is 0 Å². The lowest BCUT2D eigenvalue weighted by Gasteiger charge is -2.44.